The summed E-state index contributed by atoms with van der Waals surface area (Å²) in [5.41, 5.74) is 10.3. The quantitative estimate of drug-likeness (QED) is 0.111. The summed E-state index contributed by atoms with van der Waals surface area (Å²) in [6.07, 6.45) is 25.3. The van der Waals surface area contributed by atoms with Gasteiger partial charge in [0.2, 0.25) is 5.95 Å². The summed E-state index contributed by atoms with van der Waals surface area (Å²) in [7, 11) is 0. The molecule has 5 aliphatic rings. The predicted molar refractivity (Wildman–Crippen MR) is 290 cm³/mol. The number of benzene rings is 6. The Labute approximate surface area is 442 Å². The molecule has 0 radical (unpaired) electrons. The molecule has 12 heteroatoms. The molecule has 72 heavy (non-hydrogen) atoms. The van der Waals surface area contributed by atoms with Gasteiger partial charge in [0.25, 0.3) is 0 Å². The molecule has 8 heterocycles. The van der Waals surface area contributed by atoms with E-state index in [1.807, 2.05) is 48.5 Å². The van der Waals surface area contributed by atoms with Crippen LogP contribution in [0.1, 0.15) is 20.7 Å². The van der Waals surface area contributed by atoms with E-state index in [1.54, 1.807) is 36.4 Å². The van der Waals surface area contributed by atoms with Gasteiger partial charge < -0.3 is 33.3 Å². The van der Waals surface area contributed by atoms with Crippen LogP contribution in [0.25, 0.3) is 61.0 Å². The summed E-state index contributed by atoms with van der Waals surface area (Å²) >= 11 is 0. The largest absolute Gasteiger partial charge is 0.503 e. The number of hydrogen-bond donors (Lipinski definition) is 0. The molecule has 0 bridgehead atoms. The van der Waals surface area contributed by atoms with Crippen molar-refractivity contribution >= 4 is 80.2 Å². The second-order valence-electron chi connectivity index (χ2n) is 17.5. The molecule has 14 rings (SSSR count). The minimum absolute atomic E-state index is 0. The molecule has 0 saturated carbocycles. The summed E-state index contributed by atoms with van der Waals surface area (Å²) in [6, 6.07) is 42.1. The molecule has 0 spiro atoms. The number of aryl methyl sites for hydroxylation is 1. The number of para-hydroxylation sites is 6. The van der Waals surface area contributed by atoms with E-state index < -0.39 is 19.1 Å². The minimum Gasteiger partial charge on any atom is -0.503 e. The number of rotatable bonds is 8. The summed E-state index contributed by atoms with van der Waals surface area (Å²) in [5.74, 6) is 4.63. The number of fused-ring (bicyclic) bond motifs is 7. The van der Waals surface area contributed by atoms with E-state index in [4.69, 9.17) is 22.9 Å². The molecule has 0 aliphatic carbocycles. The summed E-state index contributed by atoms with van der Waals surface area (Å²) in [5, 5.41) is 0.569. The van der Waals surface area contributed by atoms with Crippen LogP contribution in [0.15, 0.2) is 225 Å². The zero-order chi connectivity index (χ0) is 53.0. The average Bonchev–Trinajstić information content (AvgIpc) is 3.95. The third kappa shape index (κ3) is 7.14. The van der Waals surface area contributed by atoms with Crippen molar-refractivity contribution in [2.24, 2.45) is 6.98 Å². The zero-order valence-corrected chi connectivity index (χ0v) is 40.4. The van der Waals surface area contributed by atoms with Crippen LogP contribution >= 0.6 is 0 Å². The maximum absolute atomic E-state index is 9.19. The number of ether oxygens (including phenoxy) is 1. The van der Waals surface area contributed by atoms with E-state index >= 15 is 0 Å². The van der Waals surface area contributed by atoms with E-state index in [2.05, 4.69) is 154 Å². The second kappa shape index (κ2) is 17.7. The first kappa shape index (κ1) is 36.4. The van der Waals surface area contributed by atoms with Crippen molar-refractivity contribution in [1.29, 1.82) is 0 Å². The predicted octanol–water partition coefficient (Wildman–Crippen LogP) is 13.3. The summed E-state index contributed by atoms with van der Waals surface area (Å²) in [6.45, 7) is -0.707. The number of aromatic nitrogens is 4. The summed E-state index contributed by atoms with van der Waals surface area (Å²) < 4.78 is 71.0. The Morgan fingerprint density at radius 1 is 0.639 bits per heavy atom. The smallest absolute Gasteiger partial charge is 0.320 e. The molecular weight excluding hydrogens is 1070 g/mol. The average molecular weight is 1110 g/mol. The van der Waals surface area contributed by atoms with Crippen molar-refractivity contribution in [2.45, 2.75) is 0 Å². The monoisotopic (exact) mass is 1110 g/mol. The molecule has 9 aromatic rings. The van der Waals surface area contributed by atoms with E-state index in [0.29, 0.717) is 27.8 Å². The molecule has 0 fully saturated rings. The van der Waals surface area contributed by atoms with E-state index in [9.17, 15) is 1.37 Å². The van der Waals surface area contributed by atoms with Crippen molar-refractivity contribution < 1.29 is 35.4 Å². The first-order valence-corrected chi connectivity index (χ1v) is 23.3. The third-order valence-corrected chi connectivity index (χ3v) is 13.5. The Kier molecular flexibility index (Phi) is 8.96. The Morgan fingerprint density at radius 2 is 1.32 bits per heavy atom. The van der Waals surface area contributed by atoms with Crippen molar-refractivity contribution in [3.63, 3.8) is 0 Å². The maximum atomic E-state index is 9.19. The van der Waals surface area contributed by atoms with Gasteiger partial charge in [0.1, 0.15) is 5.88 Å². The van der Waals surface area contributed by atoms with Gasteiger partial charge in [0.15, 0.2) is 0 Å². The molecule has 0 atom stereocenters. The van der Waals surface area contributed by atoms with Gasteiger partial charge >= 0.3 is 13.7 Å². The molecule has 346 valence electrons. The van der Waals surface area contributed by atoms with Crippen LogP contribution in [0, 0.1) is 18.8 Å². The first-order valence-electron chi connectivity index (χ1n) is 26.8. The van der Waals surface area contributed by atoms with E-state index in [1.165, 1.54) is 4.57 Å². The van der Waals surface area contributed by atoms with E-state index in [-0.39, 0.29) is 80.8 Å². The molecule has 5 aliphatic heterocycles. The van der Waals surface area contributed by atoms with Gasteiger partial charge in [0, 0.05) is 60.5 Å². The van der Waals surface area contributed by atoms with Crippen molar-refractivity contribution in [1.82, 2.24) is 28.7 Å². The van der Waals surface area contributed by atoms with Crippen LogP contribution in [-0.2, 0) is 28.0 Å². The van der Waals surface area contributed by atoms with Crippen LogP contribution in [-0.4, -0.2) is 42.4 Å². The van der Waals surface area contributed by atoms with Gasteiger partial charge in [0.05, 0.1) is 16.5 Å². The maximum Gasteiger partial charge on any atom is 0.320 e. The van der Waals surface area contributed by atoms with E-state index in [0.717, 1.165) is 49.3 Å². The van der Waals surface area contributed by atoms with Crippen LogP contribution < -0.4 is 14.5 Å². The molecule has 0 saturated heterocycles. The first-order chi connectivity index (χ1) is 38.0. The van der Waals surface area contributed by atoms with Crippen LogP contribution in [0.2, 0.25) is 0 Å². The SMILES string of the molecule is [2H]c1c([2H])c([2H])c2c(c1[2H])c1ccc(Oc3[c-]c(N4[CH-]N(c5c(C6=CC=CN7C=CC=CB67)cccc5C5=CC=CN6C=CC=CB56)c5ccccc54)cc(-c4ccccc4)n3)[c-]c1n2-c1nc2ccccc2n1C([2H])([2H])[2H].[Pt]. The van der Waals surface area contributed by atoms with Gasteiger partial charge in [-0.1, -0.05) is 133 Å². The Morgan fingerprint density at radius 3 is 2.07 bits per heavy atom. The third-order valence-electron chi connectivity index (χ3n) is 13.5. The standard InChI is InChI=1S/C60H41B2N8O.Pt/c1-65-54-27-8-6-25-51(54)64-60(65)70-53-26-7-5-20-45(53)46-31-30-44(40-57(46)70)71-58-39-43(38-52(63-58)42-18-3-2-4-19-42)68-41-69(56-29-10-9-28-55(56)68)59-47(49-23-16-36-66-34-13-11-32-61(49)66)21-15-22-48(59)50-24-17-37-67-35-14-12-33-62(50)67;/h2-38,41H,1H3;/q-3;/i1D3,5D,7D,20D,26D;. The normalized spacial score (nSPS) is 16.9. The van der Waals surface area contributed by atoms with Gasteiger partial charge in [-0.15, -0.1) is 24.2 Å². The topological polar surface area (TPSA) is 57.8 Å². The van der Waals surface area contributed by atoms with Gasteiger partial charge in [-0.05, 0) is 118 Å². The van der Waals surface area contributed by atoms with Gasteiger partial charge in [-0.2, -0.15) is 23.9 Å². The molecular formula is C60H41B2N8OPt-3. The second-order valence-corrected chi connectivity index (χ2v) is 17.5. The number of anilines is 4. The van der Waals surface area contributed by atoms with Crippen molar-refractivity contribution in [3.8, 4) is 28.8 Å². The van der Waals surface area contributed by atoms with Crippen LogP contribution in [0.3, 0.4) is 0 Å². The Balaban J connectivity index is 0.00000591. The number of allylic oxidation sites excluding steroid dienone is 8. The van der Waals surface area contributed by atoms with Gasteiger partial charge in [-0.25, -0.2) is 4.98 Å². The summed E-state index contributed by atoms with van der Waals surface area (Å²) in [4.78, 5) is 18.7. The number of hydrogen-bond acceptors (Lipinski definition) is 7. The molecule has 0 unspecified atom stereocenters. The number of pyridine rings is 1. The molecule has 0 amide bonds. The van der Waals surface area contributed by atoms with Crippen LogP contribution in [0.4, 0.5) is 22.7 Å². The molecule has 0 N–H and O–H groups in total. The van der Waals surface area contributed by atoms with Gasteiger partial charge in [-0.3, -0.25) is 4.98 Å². The zero-order valence-electron chi connectivity index (χ0n) is 45.1. The molecule has 6 aromatic carbocycles. The fraction of sp³-hybridized carbons (Fsp3) is 0.0167. The number of nitrogens with zero attached hydrogens (tertiary/aromatic N) is 8. The van der Waals surface area contributed by atoms with Crippen molar-refractivity contribution in [2.75, 3.05) is 9.80 Å². The Hall–Kier alpha value is -8.52. The Bertz CT molecular complexity index is 4200. The minimum atomic E-state index is -2.74. The fourth-order valence-corrected chi connectivity index (χ4v) is 10.3. The van der Waals surface area contributed by atoms with Crippen LogP contribution in [0.5, 0.6) is 11.6 Å². The number of imidazole rings is 1. The van der Waals surface area contributed by atoms with Crippen molar-refractivity contribution in [3.05, 3.63) is 255 Å². The molecule has 3 aromatic heterocycles. The fourth-order valence-electron chi connectivity index (χ4n) is 10.3. The molecule has 9 nitrogen and oxygen atoms in total.